The van der Waals surface area contributed by atoms with E-state index < -0.39 is 5.97 Å². The summed E-state index contributed by atoms with van der Waals surface area (Å²) in [6.07, 6.45) is 4.13. The monoisotopic (exact) mass is 343 g/mol. The highest BCUT2D eigenvalue weighted by molar-refractivity contribution is 9.10. The van der Waals surface area contributed by atoms with E-state index in [4.69, 9.17) is 9.15 Å². The van der Waals surface area contributed by atoms with Crippen molar-refractivity contribution in [1.29, 1.82) is 0 Å². The number of rotatable bonds is 4. The minimum Gasteiger partial charge on any atom is -0.450 e. The number of halogens is 1. The first-order valence-electron chi connectivity index (χ1n) is 6.83. The molecule has 110 valence electrons. The van der Waals surface area contributed by atoms with Crippen molar-refractivity contribution in [2.75, 3.05) is 13.2 Å². The normalized spacial score (nSPS) is 18.9. The summed E-state index contributed by atoms with van der Waals surface area (Å²) in [6.45, 7) is 2.59. The number of carbonyl (C=O) groups is 2. The molecule has 6 heteroatoms. The molecule has 0 bridgehead atoms. The molecule has 1 saturated heterocycles. The number of ether oxygens (including phenoxy) is 1. The second kappa shape index (κ2) is 6.92. The number of hydrogen-bond donors (Lipinski definition) is 0. The molecule has 0 aliphatic carbocycles. The summed E-state index contributed by atoms with van der Waals surface area (Å²) in [5.74, 6) is -0.653. The molecule has 5 nitrogen and oxygen atoms in total. The lowest BCUT2D eigenvalue weighted by atomic mass is 10.00. The van der Waals surface area contributed by atoms with Crippen molar-refractivity contribution in [2.24, 2.45) is 0 Å². The zero-order valence-electron chi connectivity index (χ0n) is 11.4. The minimum atomic E-state index is -0.617. The average molecular weight is 344 g/mol. The fourth-order valence-electron chi connectivity index (χ4n) is 2.46. The Labute approximate surface area is 126 Å². The van der Waals surface area contributed by atoms with E-state index >= 15 is 0 Å². The number of esters is 1. The van der Waals surface area contributed by atoms with E-state index in [0.29, 0.717) is 4.67 Å². The fraction of sp³-hybridized carbons (Fsp3) is 0.571. The van der Waals surface area contributed by atoms with Crippen LogP contribution in [0.25, 0.3) is 0 Å². The zero-order valence-corrected chi connectivity index (χ0v) is 13.0. The molecule has 0 saturated carbocycles. The Morgan fingerprint density at radius 3 is 2.90 bits per heavy atom. The standard InChI is InChI=1S/C14H18BrNO4/c1-2-10-5-3-4-8-16(10)13(17)9-19-14(18)11-6-7-12(15)20-11/h6-7,10H,2-5,8-9H2,1H3/t10-/m0/s1. The van der Waals surface area contributed by atoms with E-state index in [-0.39, 0.29) is 24.3 Å². The second-order valence-electron chi connectivity index (χ2n) is 4.82. The van der Waals surface area contributed by atoms with Gasteiger partial charge in [-0.3, -0.25) is 4.79 Å². The van der Waals surface area contributed by atoms with Crippen LogP contribution in [-0.2, 0) is 9.53 Å². The minimum absolute atomic E-state index is 0.0929. The second-order valence-corrected chi connectivity index (χ2v) is 5.61. The van der Waals surface area contributed by atoms with Crippen LogP contribution in [0.1, 0.15) is 43.2 Å². The van der Waals surface area contributed by atoms with Crippen molar-refractivity contribution in [2.45, 2.75) is 38.6 Å². The molecule has 1 amide bonds. The Morgan fingerprint density at radius 2 is 2.25 bits per heavy atom. The van der Waals surface area contributed by atoms with Gasteiger partial charge in [-0.15, -0.1) is 0 Å². The summed E-state index contributed by atoms with van der Waals surface area (Å²) in [7, 11) is 0. The van der Waals surface area contributed by atoms with Gasteiger partial charge >= 0.3 is 5.97 Å². The highest BCUT2D eigenvalue weighted by Gasteiger charge is 2.26. The quantitative estimate of drug-likeness (QED) is 0.788. The van der Waals surface area contributed by atoms with Gasteiger partial charge < -0.3 is 14.1 Å². The molecule has 2 rings (SSSR count). The number of carbonyl (C=O) groups excluding carboxylic acids is 2. The van der Waals surface area contributed by atoms with Crippen LogP contribution in [0.5, 0.6) is 0 Å². The molecule has 0 aromatic carbocycles. The topological polar surface area (TPSA) is 59.8 Å². The number of nitrogens with zero attached hydrogens (tertiary/aromatic N) is 1. The van der Waals surface area contributed by atoms with Gasteiger partial charge in [0.15, 0.2) is 11.3 Å². The third-order valence-corrected chi connectivity index (χ3v) is 3.95. The smallest absolute Gasteiger partial charge is 0.374 e. The maximum Gasteiger partial charge on any atom is 0.374 e. The van der Waals surface area contributed by atoms with Gasteiger partial charge in [0.1, 0.15) is 0 Å². The molecular weight excluding hydrogens is 326 g/mol. The number of likely N-dealkylation sites (tertiary alicyclic amines) is 1. The Morgan fingerprint density at radius 1 is 1.45 bits per heavy atom. The van der Waals surface area contributed by atoms with Crippen LogP contribution in [0, 0.1) is 0 Å². The van der Waals surface area contributed by atoms with Gasteiger partial charge in [0.2, 0.25) is 5.76 Å². The number of piperidine rings is 1. The lowest BCUT2D eigenvalue weighted by Gasteiger charge is -2.35. The maximum atomic E-state index is 12.1. The molecule has 1 aromatic rings. The van der Waals surface area contributed by atoms with Crippen molar-refractivity contribution in [3.05, 3.63) is 22.6 Å². The first kappa shape index (κ1) is 15.1. The van der Waals surface area contributed by atoms with E-state index in [1.54, 1.807) is 6.07 Å². The summed E-state index contributed by atoms with van der Waals surface area (Å²) in [6, 6.07) is 3.38. The van der Waals surface area contributed by atoms with Crippen molar-refractivity contribution in [3.8, 4) is 0 Å². The number of furan rings is 1. The van der Waals surface area contributed by atoms with Gasteiger partial charge in [0.25, 0.3) is 5.91 Å². The Kier molecular flexibility index (Phi) is 5.23. The van der Waals surface area contributed by atoms with Crippen LogP contribution in [0.15, 0.2) is 21.2 Å². The van der Waals surface area contributed by atoms with Crippen LogP contribution in [0.4, 0.5) is 0 Å². The van der Waals surface area contributed by atoms with E-state index in [0.717, 1.165) is 32.2 Å². The first-order chi connectivity index (χ1) is 9.61. The van der Waals surface area contributed by atoms with E-state index in [1.807, 2.05) is 4.90 Å². The average Bonchev–Trinajstić information content (AvgIpc) is 2.91. The summed E-state index contributed by atoms with van der Waals surface area (Å²) in [4.78, 5) is 25.6. The lowest BCUT2D eigenvalue weighted by Crippen LogP contribution is -2.45. The molecule has 0 radical (unpaired) electrons. The molecule has 1 aromatic heterocycles. The third-order valence-electron chi connectivity index (χ3n) is 3.52. The summed E-state index contributed by atoms with van der Waals surface area (Å²) in [5.41, 5.74) is 0. The highest BCUT2D eigenvalue weighted by Crippen LogP contribution is 2.20. The number of amides is 1. The van der Waals surface area contributed by atoms with E-state index in [9.17, 15) is 9.59 Å². The summed E-state index contributed by atoms with van der Waals surface area (Å²) in [5, 5.41) is 0. The molecule has 1 fully saturated rings. The largest absolute Gasteiger partial charge is 0.450 e. The third kappa shape index (κ3) is 3.62. The summed E-state index contributed by atoms with van der Waals surface area (Å²) >= 11 is 3.11. The first-order valence-corrected chi connectivity index (χ1v) is 7.63. The van der Waals surface area contributed by atoms with Crippen LogP contribution in [-0.4, -0.2) is 36.0 Å². The van der Waals surface area contributed by atoms with Crippen LogP contribution < -0.4 is 0 Å². The van der Waals surface area contributed by atoms with Gasteiger partial charge in [-0.05, 0) is 53.7 Å². The van der Waals surface area contributed by atoms with Gasteiger partial charge in [-0.25, -0.2) is 4.79 Å². The molecule has 0 N–H and O–H groups in total. The molecule has 0 spiro atoms. The zero-order chi connectivity index (χ0) is 14.5. The van der Waals surface area contributed by atoms with Crippen molar-refractivity contribution < 1.29 is 18.7 Å². The predicted octanol–water partition coefficient (Wildman–Crippen LogP) is 2.99. The van der Waals surface area contributed by atoms with Crippen LogP contribution >= 0.6 is 15.9 Å². The van der Waals surface area contributed by atoms with E-state index in [1.165, 1.54) is 6.07 Å². The Hall–Kier alpha value is -1.30. The molecule has 1 aliphatic heterocycles. The fourth-order valence-corrected chi connectivity index (χ4v) is 2.77. The Bertz CT molecular complexity index is 485. The molecule has 20 heavy (non-hydrogen) atoms. The van der Waals surface area contributed by atoms with Crippen molar-refractivity contribution in [1.82, 2.24) is 4.90 Å². The predicted molar refractivity (Wildman–Crippen MR) is 76.3 cm³/mol. The lowest BCUT2D eigenvalue weighted by molar-refractivity contribution is -0.138. The maximum absolute atomic E-state index is 12.1. The highest BCUT2D eigenvalue weighted by atomic mass is 79.9. The molecule has 0 unspecified atom stereocenters. The Balaban J connectivity index is 1.86. The van der Waals surface area contributed by atoms with Gasteiger partial charge in [0, 0.05) is 12.6 Å². The van der Waals surface area contributed by atoms with E-state index in [2.05, 4.69) is 22.9 Å². The van der Waals surface area contributed by atoms with Gasteiger partial charge in [-0.1, -0.05) is 6.92 Å². The van der Waals surface area contributed by atoms with Crippen LogP contribution in [0.3, 0.4) is 0 Å². The van der Waals surface area contributed by atoms with Gasteiger partial charge in [0.05, 0.1) is 0 Å². The van der Waals surface area contributed by atoms with Gasteiger partial charge in [-0.2, -0.15) is 0 Å². The molecule has 2 heterocycles. The van der Waals surface area contributed by atoms with Crippen molar-refractivity contribution >= 4 is 27.8 Å². The van der Waals surface area contributed by atoms with Crippen LogP contribution in [0.2, 0.25) is 0 Å². The van der Waals surface area contributed by atoms with Crippen molar-refractivity contribution in [3.63, 3.8) is 0 Å². The summed E-state index contributed by atoms with van der Waals surface area (Å²) < 4.78 is 10.5. The molecule has 1 atom stereocenters. The molecule has 1 aliphatic rings. The number of hydrogen-bond acceptors (Lipinski definition) is 4. The SMILES string of the molecule is CC[C@H]1CCCCN1C(=O)COC(=O)c1ccc(Br)o1. The molecular formula is C14H18BrNO4.